The maximum atomic E-state index is 12.7. The van der Waals surface area contributed by atoms with Crippen molar-refractivity contribution in [2.24, 2.45) is 0 Å². The Bertz CT molecular complexity index is 847. The van der Waals surface area contributed by atoms with Gasteiger partial charge >= 0.3 is 0 Å². The predicted molar refractivity (Wildman–Crippen MR) is 107 cm³/mol. The number of pyridine rings is 1. The van der Waals surface area contributed by atoms with Gasteiger partial charge in [0, 0.05) is 50.7 Å². The number of hydrogen-bond donors (Lipinski definition) is 1. The summed E-state index contributed by atoms with van der Waals surface area (Å²) in [6.07, 6.45) is 1.66. The van der Waals surface area contributed by atoms with E-state index >= 15 is 0 Å². The van der Waals surface area contributed by atoms with Crippen molar-refractivity contribution in [2.75, 3.05) is 36.4 Å². The third-order valence-corrected chi connectivity index (χ3v) is 4.98. The summed E-state index contributed by atoms with van der Waals surface area (Å²) in [5.74, 6) is -0.109. The summed E-state index contributed by atoms with van der Waals surface area (Å²) in [6, 6.07) is 7.84. The number of carbonyl (C=O) groups excluding carboxylic acids is 2. The van der Waals surface area contributed by atoms with Gasteiger partial charge in [-0.2, -0.15) is 0 Å². The summed E-state index contributed by atoms with van der Waals surface area (Å²) in [4.78, 5) is 32.5. The maximum absolute atomic E-state index is 12.7. The number of piperazine rings is 1. The van der Waals surface area contributed by atoms with E-state index < -0.39 is 0 Å². The van der Waals surface area contributed by atoms with Gasteiger partial charge in [0.25, 0.3) is 5.91 Å². The Morgan fingerprint density at radius 2 is 1.63 bits per heavy atom. The molecule has 1 aromatic carbocycles. The SMILES string of the molecule is CC(=O)N1CCN(c2ccnc(C(=O)Nc3c(C)cc(C)cc3C)c2)CC1. The monoisotopic (exact) mass is 366 g/mol. The van der Waals surface area contributed by atoms with Crippen LogP contribution in [0.5, 0.6) is 0 Å². The average molecular weight is 366 g/mol. The van der Waals surface area contributed by atoms with Gasteiger partial charge in [-0.05, 0) is 44.0 Å². The molecule has 1 aromatic heterocycles. The average Bonchev–Trinajstić information content (AvgIpc) is 2.64. The Morgan fingerprint density at radius 1 is 1.00 bits per heavy atom. The number of anilines is 2. The molecule has 1 N–H and O–H groups in total. The second kappa shape index (κ2) is 7.78. The number of aryl methyl sites for hydroxylation is 3. The highest BCUT2D eigenvalue weighted by Crippen LogP contribution is 2.23. The van der Waals surface area contributed by atoms with Crippen molar-refractivity contribution in [3.63, 3.8) is 0 Å². The molecule has 0 radical (unpaired) electrons. The Balaban J connectivity index is 1.74. The van der Waals surface area contributed by atoms with E-state index in [1.165, 1.54) is 5.56 Å². The van der Waals surface area contributed by atoms with E-state index in [1.54, 1.807) is 13.1 Å². The van der Waals surface area contributed by atoms with E-state index in [-0.39, 0.29) is 11.8 Å². The first-order chi connectivity index (χ1) is 12.8. The van der Waals surface area contributed by atoms with Crippen LogP contribution in [0.25, 0.3) is 0 Å². The highest BCUT2D eigenvalue weighted by molar-refractivity contribution is 6.04. The Labute approximate surface area is 160 Å². The molecule has 1 fully saturated rings. The van der Waals surface area contributed by atoms with Crippen molar-refractivity contribution in [2.45, 2.75) is 27.7 Å². The number of hydrogen-bond acceptors (Lipinski definition) is 4. The molecule has 3 rings (SSSR count). The van der Waals surface area contributed by atoms with Gasteiger partial charge in [0.05, 0.1) is 0 Å². The van der Waals surface area contributed by atoms with Crippen molar-refractivity contribution in [1.82, 2.24) is 9.88 Å². The van der Waals surface area contributed by atoms with E-state index in [1.807, 2.05) is 37.8 Å². The second-order valence-electron chi connectivity index (χ2n) is 7.12. The molecule has 1 aliphatic heterocycles. The van der Waals surface area contributed by atoms with Gasteiger partial charge in [0.2, 0.25) is 5.91 Å². The molecule has 2 aromatic rings. The van der Waals surface area contributed by atoms with Crippen molar-refractivity contribution < 1.29 is 9.59 Å². The van der Waals surface area contributed by atoms with E-state index in [4.69, 9.17) is 0 Å². The lowest BCUT2D eigenvalue weighted by Crippen LogP contribution is -2.48. The van der Waals surface area contributed by atoms with Crippen LogP contribution in [0.4, 0.5) is 11.4 Å². The molecule has 27 heavy (non-hydrogen) atoms. The number of nitrogens with one attached hydrogen (secondary N) is 1. The number of aromatic nitrogens is 1. The molecule has 6 heteroatoms. The number of rotatable bonds is 3. The molecular formula is C21H26N4O2. The predicted octanol–water partition coefficient (Wildman–Crippen LogP) is 2.93. The molecule has 2 amide bonds. The molecule has 0 unspecified atom stereocenters. The zero-order valence-corrected chi connectivity index (χ0v) is 16.4. The first-order valence-corrected chi connectivity index (χ1v) is 9.21. The lowest BCUT2D eigenvalue weighted by Gasteiger charge is -2.35. The largest absolute Gasteiger partial charge is 0.368 e. The lowest BCUT2D eigenvalue weighted by molar-refractivity contribution is -0.129. The smallest absolute Gasteiger partial charge is 0.274 e. The first-order valence-electron chi connectivity index (χ1n) is 9.21. The van der Waals surface area contributed by atoms with Crippen molar-refractivity contribution in [3.05, 3.63) is 52.8 Å². The van der Waals surface area contributed by atoms with Crippen LogP contribution in [0.3, 0.4) is 0 Å². The van der Waals surface area contributed by atoms with E-state index in [2.05, 4.69) is 27.3 Å². The standard InChI is InChI=1S/C21H26N4O2/c1-14-11-15(2)20(16(3)12-14)23-21(27)19-13-18(5-6-22-19)25-9-7-24(8-10-25)17(4)26/h5-6,11-13H,7-10H2,1-4H3,(H,23,27). The topological polar surface area (TPSA) is 65.5 Å². The van der Waals surface area contributed by atoms with Crippen LogP contribution >= 0.6 is 0 Å². The van der Waals surface area contributed by atoms with Crippen molar-refractivity contribution in [1.29, 1.82) is 0 Å². The van der Waals surface area contributed by atoms with Crippen LogP contribution in [0, 0.1) is 20.8 Å². The lowest BCUT2D eigenvalue weighted by atomic mass is 10.0. The van der Waals surface area contributed by atoms with Gasteiger partial charge in [-0.1, -0.05) is 17.7 Å². The molecule has 0 aliphatic carbocycles. The van der Waals surface area contributed by atoms with Crippen LogP contribution in [-0.4, -0.2) is 47.9 Å². The minimum Gasteiger partial charge on any atom is -0.368 e. The Morgan fingerprint density at radius 3 is 2.22 bits per heavy atom. The number of carbonyl (C=O) groups is 2. The summed E-state index contributed by atoms with van der Waals surface area (Å²) >= 11 is 0. The second-order valence-corrected chi connectivity index (χ2v) is 7.12. The Kier molecular flexibility index (Phi) is 5.44. The zero-order valence-electron chi connectivity index (χ0n) is 16.4. The van der Waals surface area contributed by atoms with E-state index in [0.717, 1.165) is 35.6 Å². The molecule has 6 nitrogen and oxygen atoms in total. The molecule has 1 aliphatic rings. The third kappa shape index (κ3) is 4.27. The van der Waals surface area contributed by atoms with Crippen molar-refractivity contribution >= 4 is 23.2 Å². The summed E-state index contributed by atoms with van der Waals surface area (Å²) < 4.78 is 0. The van der Waals surface area contributed by atoms with Gasteiger partial charge < -0.3 is 15.1 Å². The Hall–Kier alpha value is -2.89. The highest BCUT2D eigenvalue weighted by Gasteiger charge is 2.20. The van der Waals surface area contributed by atoms with E-state index in [0.29, 0.717) is 18.8 Å². The highest BCUT2D eigenvalue weighted by atomic mass is 16.2. The summed E-state index contributed by atoms with van der Waals surface area (Å²) in [5.41, 5.74) is 5.44. The van der Waals surface area contributed by atoms with Gasteiger partial charge in [0.15, 0.2) is 0 Å². The summed E-state index contributed by atoms with van der Waals surface area (Å²) in [6.45, 7) is 10.5. The number of amides is 2. The quantitative estimate of drug-likeness (QED) is 0.907. The molecule has 142 valence electrons. The third-order valence-electron chi connectivity index (χ3n) is 4.98. The fraction of sp³-hybridized carbons (Fsp3) is 0.381. The van der Waals surface area contributed by atoms with Gasteiger partial charge in [-0.25, -0.2) is 0 Å². The van der Waals surface area contributed by atoms with Gasteiger partial charge in [0.1, 0.15) is 5.69 Å². The summed E-state index contributed by atoms with van der Waals surface area (Å²) in [5, 5.41) is 3.00. The minimum atomic E-state index is -0.214. The fourth-order valence-corrected chi connectivity index (χ4v) is 3.57. The molecule has 2 heterocycles. The first kappa shape index (κ1) is 18.9. The maximum Gasteiger partial charge on any atom is 0.274 e. The normalized spacial score (nSPS) is 14.2. The van der Waals surface area contributed by atoms with Gasteiger partial charge in [-0.3, -0.25) is 14.6 Å². The number of nitrogens with zero attached hydrogens (tertiary/aromatic N) is 3. The molecule has 0 saturated carbocycles. The zero-order chi connectivity index (χ0) is 19.6. The van der Waals surface area contributed by atoms with Crippen LogP contribution in [0.1, 0.15) is 34.1 Å². The minimum absolute atomic E-state index is 0.105. The van der Waals surface area contributed by atoms with E-state index in [9.17, 15) is 9.59 Å². The van der Waals surface area contributed by atoms with Crippen LogP contribution in [0.2, 0.25) is 0 Å². The number of benzene rings is 1. The molecule has 0 atom stereocenters. The van der Waals surface area contributed by atoms with Crippen molar-refractivity contribution in [3.8, 4) is 0 Å². The van der Waals surface area contributed by atoms with Crippen LogP contribution in [-0.2, 0) is 4.79 Å². The fourth-order valence-electron chi connectivity index (χ4n) is 3.57. The summed E-state index contributed by atoms with van der Waals surface area (Å²) in [7, 11) is 0. The van der Waals surface area contributed by atoms with Crippen LogP contribution < -0.4 is 10.2 Å². The van der Waals surface area contributed by atoms with Crippen LogP contribution in [0.15, 0.2) is 30.5 Å². The molecule has 0 bridgehead atoms. The molecule has 1 saturated heterocycles. The molecular weight excluding hydrogens is 340 g/mol. The van der Waals surface area contributed by atoms with Gasteiger partial charge in [-0.15, -0.1) is 0 Å². The molecule has 0 spiro atoms.